The average molecular weight is 442 g/mol. The second-order valence-electron chi connectivity index (χ2n) is 8.35. The maximum atomic E-state index is 12.5. The van der Waals surface area contributed by atoms with E-state index in [-0.39, 0.29) is 13.2 Å². The zero-order valence-corrected chi connectivity index (χ0v) is 18.6. The summed E-state index contributed by atoms with van der Waals surface area (Å²) >= 11 is 0. The lowest BCUT2D eigenvalue weighted by Gasteiger charge is -2.22. The van der Waals surface area contributed by atoms with Crippen molar-refractivity contribution in [2.45, 2.75) is 58.0 Å². The lowest BCUT2D eigenvalue weighted by molar-refractivity contribution is -0.766. The van der Waals surface area contributed by atoms with Crippen LogP contribution in [0.1, 0.15) is 53.3 Å². The summed E-state index contributed by atoms with van der Waals surface area (Å²) in [6.45, 7) is 7.68. The van der Waals surface area contributed by atoms with Crippen molar-refractivity contribution in [3.8, 4) is 0 Å². The van der Waals surface area contributed by atoms with Gasteiger partial charge < -0.3 is 23.7 Å². The normalized spacial score (nSPS) is 25.9. The van der Waals surface area contributed by atoms with Crippen molar-refractivity contribution in [3.05, 3.63) is 65.5 Å². The third-order valence-corrected chi connectivity index (χ3v) is 5.42. The van der Waals surface area contributed by atoms with E-state index in [1.165, 1.54) is 0 Å². The van der Waals surface area contributed by atoms with E-state index in [4.69, 9.17) is 23.7 Å². The van der Waals surface area contributed by atoms with Crippen molar-refractivity contribution in [2.75, 3.05) is 13.2 Å². The summed E-state index contributed by atoms with van der Waals surface area (Å²) in [7, 11) is 0. The molecule has 32 heavy (non-hydrogen) atoms. The first-order valence-corrected chi connectivity index (χ1v) is 10.7. The molecule has 0 N–H and O–H groups in total. The van der Waals surface area contributed by atoms with Crippen LogP contribution in [0.5, 0.6) is 0 Å². The Labute approximate surface area is 187 Å². The number of ether oxygens (including phenoxy) is 5. The summed E-state index contributed by atoms with van der Waals surface area (Å²) in [5.74, 6) is -1.65. The standard InChI is InChI=1S/C24H28NO7/c1-5-28-23(27)17-7-6-12-25(13-17)21-20-19(31-24(3,4)32-20)18(30-21)14-29-22(26)16-10-8-15(2)9-11-16/h6-13,18-21H,5,14H2,1-4H3/q+1/t18-,19-,20-,21+/m1/s1. The van der Waals surface area contributed by atoms with E-state index >= 15 is 0 Å². The SMILES string of the molecule is CCOC(=O)c1ccc[n+]([C@H]2O[C@H](COC(=O)c3ccc(C)cc3)[C@H]3OC(C)(C)O[C@H]32)c1. The van der Waals surface area contributed by atoms with E-state index in [0.717, 1.165) is 5.56 Å². The molecule has 2 aromatic rings. The summed E-state index contributed by atoms with van der Waals surface area (Å²) in [4.78, 5) is 24.6. The Hall–Kier alpha value is -2.81. The van der Waals surface area contributed by atoms with Crippen LogP contribution in [0.15, 0.2) is 48.8 Å². The first-order chi connectivity index (χ1) is 15.3. The monoisotopic (exact) mass is 442 g/mol. The van der Waals surface area contributed by atoms with Gasteiger partial charge in [0.15, 0.2) is 24.3 Å². The van der Waals surface area contributed by atoms with Crippen LogP contribution < -0.4 is 4.57 Å². The third-order valence-electron chi connectivity index (χ3n) is 5.42. The molecule has 0 aliphatic carbocycles. The van der Waals surface area contributed by atoms with Gasteiger partial charge in [-0.05, 0) is 45.9 Å². The molecule has 3 heterocycles. The zero-order valence-electron chi connectivity index (χ0n) is 18.6. The molecule has 2 aliphatic rings. The van der Waals surface area contributed by atoms with Crippen LogP contribution >= 0.6 is 0 Å². The molecular formula is C24H28NO7+. The van der Waals surface area contributed by atoms with Crippen molar-refractivity contribution in [2.24, 2.45) is 0 Å². The van der Waals surface area contributed by atoms with Gasteiger partial charge in [0, 0.05) is 6.07 Å². The molecule has 1 aromatic carbocycles. The predicted molar refractivity (Wildman–Crippen MR) is 112 cm³/mol. The number of carbonyl (C=O) groups excluding carboxylic acids is 2. The molecule has 0 radical (unpaired) electrons. The maximum Gasteiger partial charge on any atom is 0.344 e. The quantitative estimate of drug-likeness (QED) is 0.502. The highest BCUT2D eigenvalue weighted by Crippen LogP contribution is 2.41. The minimum atomic E-state index is -0.810. The van der Waals surface area contributed by atoms with Gasteiger partial charge in [-0.3, -0.25) is 0 Å². The Balaban J connectivity index is 1.50. The van der Waals surface area contributed by atoms with Gasteiger partial charge in [-0.1, -0.05) is 17.7 Å². The Morgan fingerprint density at radius 2 is 1.69 bits per heavy atom. The fourth-order valence-electron chi connectivity index (χ4n) is 3.95. The number of rotatable bonds is 6. The van der Waals surface area contributed by atoms with Crippen molar-refractivity contribution in [1.82, 2.24) is 0 Å². The number of nitrogens with zero attached hydrogens (tertiary/aromatic N) is 1. The molecule has 8 heteroatoms. The van der Waals surface area contributed by atoms with E-state index in [2.05, 4.69) is 0 Å². The van der Waals surface area contributed by atoms with Crippen molar-refractivity contribution < 1.29 is 37.8 Å². The molecule has 2 aliphatic heterocycles. The Morgan fingerprint density at radius 3 is 2.41 bits per heavy atom. The van der Waals surface area contributed by atoms with Crippen LogP contribution in [0.3, 0.4) is 0 Å². The largest absolute Gasteiger partial charge is 0.462 e. The van der Waals surface area contributed by atoms with Gasteiger partial charge in [0.25, 0.3) is 6.23 Å². The third kappa shape index (κ3) is 4.67. The maximum absolute atomic E-state index is 12.5. The van der Waals surface area contributed by atoms with E-state index < -0.39 is 42.3 Å². The highest BCUT2D eigenvalue weighted by molar-refractivity contribution is 5.89. The van der Waals surface area contributed by atoms with Gasteiger partial charge in [0.05, 0.1) is 12.2 Å². The molecule has 8 nitrogen and oxygen atoms in total. The van der Waals surface area contributed by atoms with E-state index in [0.29, 0.717) is 11.1 Å². The molecule has 0 unspecified atom stereocenters. The highest BCUT2D eigenvalue weighted by Gasteiger charge is 2.59. The molecule has 0 amide bonds. The minimum absolute atomic E-state index is 0.0158. The summed E-state index contributed by atoms with van der Waals surface area (Å²) in [5.41, 5.74) is 1.94. The first kappa shape index (κ1) is 22.4. The molecule has 170 valence electrons. The Bertz CT molecular complexity index is 988. The molecule has 2 saturated heterocycles. The van der Waals surface area contributed by atoms with Crippen molar-refractivity contribution in [3.63, 3.8) is 0 Å². The van der Waals surface area contributed by atoms with E-state index in [1.54, 1.807) is 48.1 Å². The molecule has 0 bridgehead atoms. The number of esters is 2. The number of fused-ring (bicyclic) bond motifs is 1. The number of hydrogen-bond acceptors (Lipinski definition) is 7. The van der Waals surface area contributed by atoms with Crippen LogP contribution in [0.25, 0.3) is 0 Å². The van der Waals surface area contributed by atoms with Crippen LogP contribution in [0, 0.1) is 6.92 Å². The zero-order chi connectivity index (χ0) is 22.9. The molecular weight excluding hydrogens is 414 g/mol. The average Bonchev–Trinajstić information content (AvgIpc) is 3.25. The fraction of sp³-hybridized carbons (Fsp3) is 0.458. The van der Waals surface area contributed by atoms with Crippen LogP contribution in [-0.4, -0.2) is 49.3 Å². The number of hydrogen-bond donors (Lipinski definition) is 0. The van der Waals surface area contributed by atoms with Gasteiger partial charge in [0.1, 0.15) is 24.4 Å². The Morgan fingerprint density at radius 1 is 1.00 bits per heavy atom. The van der Waals surface area contributed by atoms with Gasteiger partial charge in [-0.2, -0.15) is 4.57 Å². The lowest BCUT2D eigenvalue weighted by Crippen LogP contribution is -2.46. The molecule has 0 saturated carbocycles. The second kappa shape index (κ2) is 8.97. The topological polar surface area (TPSA) is 84.2 Å². The van der Waals surface area contributed by atoms with Gasteiger partial charge >= 0.3 is 11.9 Å². The number of aryl methyl sites for hydroxylation is 1. The summed E-state index contributed by atoms with van der Waals surface area (Å²) in [6.07, 6.45) is 1.50. The Kier molecular flexibility index (Phi) is 6.28. The molecule has 1 aromatic heterocycles. The minimum Gasteiger partial charge on any atom is -0.462 e. The van der Waals surface area contributed by atoms with Crippen LogP contribution in [-0.2, 0) is 23.7 Å². The number of carbonyl (C=O) groups is 2. The van der Waals surface area contributed by atoms with Crippen LogP contribution in [0.2, 0.25) is 0 Å². The van der Waals surface area contributed by atoms with Crippen LogP contribution in [0.4, 0.5) is 0 Å². The van der Waals surface area contributed by atoms with Gasteiger partial charge in [-0.15, -0.1) is 0 Å². The highest BCUT2D eigenvalue weighted by atomic mass is 16.8. The number of benzene rings is 1. The molecule has 0 spiro atoms. The summed E-state index contributed by atoms with van der Waals surface area (Å²) < 4.78 is 30.7. The molecule has 4 atom stereocenters. The lowest BCUT2D eigenvalue weighted by atomic mass is 10.1. The van der Waals surface area contributed by atoms with E-state index in [9.17, 15) is 9.59 Å². The summed E-state index contributed by atoms with van der Waals surface area (Å²) in [5, 5.41) is 0. The second-order valence-corrected chi connectivity index (χ2v) is 8.35. The number of aromatic nitrogens is 1. The van der Waals surface area contributed by atoms with Gasteiger partial charge in [-0.25, -0.2) is 9.59 Å². The van der Waals surface area contributed by atoms with Crippen molar-refractivity contribution in [1.29, 1.82) is 0 Å². The number of pyridine rings is 1. The molecule has 4 rings (SSSR count). The fourth-order valence-corrected chi connectivity index (χ4v) is 3.95. The van der Waals surface area contributed by atoms with E-state index in [1.807, 2.05) is 32.9 Å². The summed E-state index contributed by atoms with van der Waals surface area (Å²) in [6, 6.07) is 10.6. The van der Waals surface area contributed by atoms with Crippen molar-refractivity contribution >= 4 is 11.9 Å². The van der Waals surface area contributed by atoms with Gasteiger partial charge in [0.2, 0.25) is 0 Å². The molecule has 2 fully saturated rings. The smallest absolute Gasteiger partial charge is 0.344 e. The predicted octanol–water partition coefficient (Wildman–Crippen LogP) is 2.73. The first-order valence-electron chi connectivity index (χ1n) is 10.7.